The van der Waals surface area contributed by atoms with Crippen LogP contribution in [0, 0.1) is 6.92 Å². The second-order valence-electron chi connectivity index (χ2n) is 5.77. The maximum atomic E-state index is 12.3. The fraction of sp³-hybridized carbons (Fsp3) is 0.235. The Kier molecular flexibility index (Phi) is 5.92. The van der Waals surface area contributed by atoms with Crippen molar-refractivity contribution in [1.82, 2.24) is 0 Å². The van der Waals surface area contributed by atoms with Crippen LogP contribution in [0.4, 0.5) is 17.1 Å². The Morgan fingerprint density at radius 3 is 2.28 bits per heavy atom. The summed E-state index contributed by atoms with van der Waals surface area (Å²) in [7, 11) is -3.31. The summed E-state index contributed by atoms with van der Waals surface area (Å²) in [6, 6.07) is 11.4. The van der Waals surface area contributed by atoms with E-state index in [9.17, 15) is 13.2 Å². The third kappa shape index (κ3) is 5.95. The maximum absolute atomic E-state index is 12.3. The first-order valence-corrected chi connectivity index (χ1v) is 9.82. The Bertz CT molecular complexity index is 867. The quantitative estimate of drug-likeness (QED) is 0.715. The van der Waals surface area contributed by atoms with Crippen molar-refractivity contribution in [2.75, 3.05) is 21.6 Å². The molecule has 0 saturated carbocycles. The highest BCUT2D eigenvalue weighted by Gasteiger charge is 2.14. The number of hydrogen-bond acceptors (Lipinski definition) is 4. The molecular formula is C17H20ClN3O3S. The van der Waals surface area contributed by atoms with Crippen molar-refractivity contribution < 1.29 is 13.2 Å². The molecule has 0 bridgehead atoms. The predicted octanol–water partition coefficient (Wildman–Crippen LogP) is 3.46. The molecule has 0 heterocycles. The van der Waals surface area contributed by atoms with Crippen molar-refractivity contribution in [2.45, 2.75) is 19.9 Å². The van der Waals surface area contributed by atoms with E-state index in [1.807, 2.05) is 13.0 Å². The van der Waals surface area contributed by atoms with Crippen molar-refractivity contribution in [1.29, 1.82) is 0 Å². The predicted molar refractivity (Wildman–Crippen MR) is 103 cm³/mol. The first-order valence-electron chi connectivity index (χ1n) is 7.55. The maximum Gasteiger partial charge on any atom is 0.246 e. The van der Waals surface area contributed by atoms with Gasteiger partial charge in [0.05, 0.1) is 6.26 Å². The number of nitrogens with one attached hydrogen (secondary N) is 3. The molecule has 0 fully saturated rings. The third-order valence-electron chi connectivity index (χ3n) is 3.42. The zero-order valence-electron chi connectivity index (χ0n) is 14.1. The fourth-order valence-corrected chi connectivity index (χ4v) is 2.87. The second-order valence-corrected chi connectivity index (χ2v) is 7.95. The van der Waals surface area contributed by atoms with E-state index in [0.29, 0.717) is 22.1 Å². The first-order chi connectivity index (χ1) is 11.6. The molecule has 3 N–H and O–H groups in total. The highest BCUT2D eigenvalue weighted by molar-refractivity contribution is 7.92. The van der Waals surface area contributed by atoms with Crippen LogP contribution in [0.15, 0.2) is 42.5 Å². The van der Waals surface area contributed by atoms with Crippen molar-refractivity contribution in [2.24, 2.45) is 0 Å². The Hall–Kier alpha value is -2.25. The largest absolute Gasteiger partial charge is 0.374 e. The molecule has 0 spiro atoms. The summed E-state index contributed by atoms with van der Waals surface area (Å²) >= 11 is 5.95. The van der Waals surface area contributed by atoms with Crippen LogP contribution in [0.3, 0.4) is 0 Å². The number of benzene rings is 2. The number of anilines is 3. The van der Waals surface area contributed by atoms with E-state index in [2.05, 4.69) is 15.4 Å². The summed E-state index contributed by atoms with van der Waals surface area (Å²) in [6.45, 7) is 3.62. The van der Waals surface area contributed by atoms with E-state index in [1.165, 1.54) is 0 Å². The molecule has 0 radical (unpaired) electrons. The minimum atomic E-state index is -3.31. The van der Waals surface area contributed by atoms with Gasteiger partial charge in [0.25, 0.3) is 0 Å². The van der Waals surface area contributed by atoms with E-state index in [-0.39, 0.29) is 5.91 Å². The number of halogens is 1. The Labute approximate surface area is 152 Å². The van der Waals surface area contributed by atoms with Crippen LogP contribution >= 0.6 is 11.6 Å². The van der Waals surface area contributed by atoms with Crippen molar-refractivity contribution in [3.05, 3.63) is 53.1 Å². The van der Waals surface area contributed by atoms with Gasteiger partial charge in [0.1, 0.15) is 6.04 Å². The monoisotopic (exact) mass is 381 g/mol. The summed E-state index contributed by atoms with van der Waals surface area (Å²) in [5.41, 5.74) is 2.74. The normalized spacial score (nSPS) is 12.3. The van der Waals surface area contributed by atoms with Gasteiger partial charge in [-0.3, -0.25) is 9.52 Å². The van der Waals surface area contributed by atoms with Gasteiger partial charge in [-0.1, -0.05) is 17.7 Å². The number of hydrogen-bond donors (Lipinski definition) is 3. The summed E-state index contributed by atoms with van der Waals surface area (Å²) in [5.74, 6) is -0.205. The molecular weight excluding hydrogens is 362 g/mol. The van der Waals surface area contributed by atoms with Gasteiger partial charge in [-0.25, -0.2) is 8.42 Å². The molecule has 0 aliphatic carbocycles. The molecule has 2 rings (SSSR count). The lowest BCUT2D eigenvalue weighted by atomic mass is 10.2. The van der Waals surface area contributed by atoms with Gasteiger partial charge in [-0.05, 0) is 55.8 Å². The molecule has 2 aromatic rings. The summed E-state index contributed by atoms with van der Waals surface area (Å²) in [4.78, 5) is 12.3. The lowest BCUT2D eigenvalue weighted by Gasteiger charge is -2.17. The molecule has 25 heavy (non-hydrogen) atoms. The Morgan fingerprint density at radius 1 is 1.08 bits per heavy atom. The van der Waals surface area contributed by atoms with E-state index in [1.54, 1.807) is 43.3 Å². The zero-order chi connectivity index (χ0) is 18.6. The van der Waals surface area contributed by atoms with Gasteiger partial charge < -0.3 is 10.6 Å². The van der Waals surface area contributed by atoms with Crippen LogP contribution in [-0.4, -0.2) is 26.6 Å². The smallest absolute Gasteiger partial charge is 0.246 e. The van der Waals surface area contributed by atoms with Crippen molar-refractivity contribution in [3.8, 4) is 0 Å². The standard InChI is InChI=1S/C17H20ClN3O3S/c1-11-4-5-13(18)10-16(11)20-17(22)12(2)19-14-6-8-15(9-7-14)21-25(3,23)24/h4-10,12,19,21H,1-3H3,(H,20,22). The molecule has 2 aromatic carbocycles. The van der Waals surface area contributed by atoms with Gasteiger partial charge in [-0.2, -0.15) is 0 Å². The van der Waals surface area contributed by atoms with E-state index >= 15 is 0 Å². The minimum absolute atomic E-state index is 0.205. The molecule has 0 aliphatic rings. The van der Waals surface area contributed by atoms with E-state index in [0.717, 1.165) is 11.8 Å². The summed E-state index contributed by atoms with van der Waals surface area (Å²) in [6.07, 6.45) is 1.09. The Morgan fingerprint density at radius 2 is 1.68 bits per heavy atom. The first kappa shape index (κ1) is 19.1. The lowest BCUT2D eigenvalue weighted by molar-refractivity contribution is -0.116. The molecule has 6 nitrogen and oxygen atoms in total. The van der Waals surface area contributed by atoms with Crippen molar-refractivity contribution in [3.63, 3.8) is 0 Å². The molecule has 0 aliphatic heterocycles. The molecule has 1 unspecified atom stereocenters. The number of carbonyl (C=O) groups excluding carboxylic acids is 1. The van der Waals surface area contributed by atoms with Crippen LogP contribution in [0.5, 0.6) is 0 Å². The van der Waals surface area contributed by atoms with Gasteiger partial charge in [0.15, 0.2) is 0 Å². The molecule has 0 aromatic heterocycles. The average Bonchev–Trinajstić information content (AvgIpc) is 2.51. The minimum Gasteiger partial charge on any atom is -0.374 e. The van der Waals surface area contributed by atoms with Crippen LogP contribution in [0.25, 0.3) is 0 Å². The van der Waals surface area contributed by atoms with Gasteiger partial charge in [0.2, 0.25) is 15.9 Å². The average molecular weight is 382 g/mol. The van der Waals surface area contributed by atoms with Gasteiger partial charge in [0, 0.05) is 22.1 Å². The van der Waals surface area contributed by atoms with E-state index in [4.69, 9.17) is 11.6 Å². The SMILES string of the molecule is Cc1ccc(Cl)cc1NC(=O)C(C)Nc1ccc(NS(C)(=O)=O)cc1. The number of amides is 1. The molecule has 0 saturated heterocycles. The summed E-state index contributed by atoms with van der Waals surface area (Å²) < 4.78 is 24.8. The van der Waals surface area contributed by atoms with Crippen LogP contribution in [0.1, 0.15) is 12.5 Å². The fourth-order valence-electron chi connectivity index (χ4n) is 2.13. The lowest BCUT2D eigenvalue weighted by Crippen LogP contribution is -2.32. The number of sulfonamides is 1. The van der Waals surface area contributed by atoms with Crippen LogP contribution in [-0.2, 0) is 14.8 Å². The number of carbonyl (C=O) groups is 1. The zero-order valence-corrected chi connectivity index (χ0v) is 15.7. The topological polar surface area (TPSA) is 87.3 Å². The van der Waals surface area contributed by atoms with Gasteiger partial charge in [-0.15, -0.1) is 0 Å². The molecule has 8 heteroatoms. The van der Waals surface area contributed by atoms with Gasteiger partial charge >= 0.3 is 0 Å². The second kappa shape index (κ2) is 7.76. The molecule has 134 valence electrons. The number of aryl methyl sites for hydroxylation is 1. The highest BCUT2D eigenvalue weighted by Crippen LogP contribution is 2.21. The van der Waals surface area contributed by atoms with Crippen LogP contribution < -0.4 is 15.4 Å². The van der Waals surface area contributed by atoms with Crippen molar-refractivity contribution >= 4 is 44.6 Å². The highest BCUT2D eigenvalue weighted by atomic mass is 35.5. The summed E-state index contributed by atoms with van der Waals surface area (Å²) in [5, 5.41) is 6.45. The van der Waals surface area contributed by atoms with E-state index < -0.39 is 16.1 Å². The van der Waals surface area contributed by atoms with Crippen LogP contribution in [0.2, 0.25) is 5.02 Å². The third-order valence-corrected chi connectivity index (χ3v) is 4.26. The molecule has 1 atom stereocenters. The Balaban J connectivity index is 2.00. The molecule has 1 amide bonds. The number of rotatable bonds is 6.